The molecule has 94 valence electrons. The Bertz CT molecular complexity index is 219. The molecule has 0 fully saturated rings. The Morgan fingerprint density at radius 2 is 1.69 bits per heavy atom. The van der Waals surface area contributed by atoms with Gasteiger partial charge in [0.25, 0.3) is 0 Å². The van der Waals surface area contributed by atoms with E-state index in [-0.39, 0.29) is 0 Å². The Balaban J connectivity index is 4.66. The number of allylic oxidation sites excluding steroid dienone is 2. The van der Waals surface area contributed by atoms with E-state index in [1.54, 1.807) is 0 Å². The highest BCUT2D eigenvalue weighted by Gasteiger charge is 2.29. The van der Waals surface area contributed by atoms with Crippen LogP contribution in [0, 0.1) is 5.92 Å². The minimum absolute atomic E-state index is 0.551. The van der Waals surface area contributed by atoms with Gasteiger partial charge in [-0.05, 0) is 36.0 Å². The second kappa shape index (κ2) is 7.72. The maximum Gasteiger partial charge on any atom is 0.249 e. The molecule has 0 unspecified atom stereocenters. The van der Waals surface area contributed by atoms with Crippen LogP contribution in [0.3, 0.4) is 0 Å². The van der Waals surface area contributed by atoms with Crippen LogP contribution >= 0.6 is 0 Å². The van der Waals surface area contributed by atoms with Gasteiger partial charge in [-0.1, -0.05) is 40.7 Å². The zero-order valence-corrected chi connectivity index (χ0v) is 12.7. The molecule has 0 rings (SSSR count). The second-order valence-corrected chi connectivity index (χ2v) is 9.42. The van der Waals surface area contributed by atoms with Crippen molar-refractivity contribution in [2.24, 2.45) is 5.92 Å². The van der Waals surface area contributed by atoms with Crippen molar-refractivity contribution in [3.05, 3.63) is 24.5 Å². The quantitative estimate of drug-likeness (QED) is 0.325. The summed E-state index contributed by atoms with van der Waals surface area (Å²) in [4.78, 5) is 0. The van der Waals surface area contributed by atoms with E-state index in [4.69, 9.17) is 4.43 Å². The van der Waals surface area contributed by atoms with E-state index in [2.05, 4.69) is 41.2 Å². The molecule has 0 atom stereocenters. The lowest BCUT2D eigenvalue weighted by atomic mass is 10.0. The molecule has 0 aromatic rings. The molecule has 0 aliphatic rings. The van der Waals surface area contributed by atoms with Crippen molar-refractivity contribution in [1.82, 2.24) is 0 Å². The topological polar surface area (TPSA) is 9.23 Å². The first-order valence-electron chi connectivity index (χ1n) is 6.52. The molecule has 0 aromatic carbocycles. The molecule has 1 nitrogen and oxygen atoms in total. The largest absolute Gasteiger partial charge is 0.549 e. The van der Waals surface area contributed by atoms with Crippen molar-refractivity contribution in [2.45, 2.75) is 59.2 Å². The summed E-state index contributed by atoms with van der Waals surface area (Å²) in [7, 11) is -1.47. The van der Waals surface area contributed by atoms with E-state index < -0.39 is 8.32 Å². The Kier molecular flexibility index (Phi) is 7.48. The van der Waals surface area contributed by atoms with Crippen LogP contribution in [-0.4, -0.2) is 8.32 Å². The summed E-state index contributed by atoms with van der Waals surface area (Å²) >= 11 is 0. The fourth-order valence-corrected chi connectivity index (χ4v) is 4.19. The Morgan fingerprint density at radius 1 is 1.19 bits per heavy atom. The third kappa shape index (κ3) is 4.56. The van der Waals surface area contributed by atoms with Crippen LogP contribution < -0.4 is 0 Å². The lowest BCUT2D eigenvalue weighted by molar-refractivity contribution is 0.444. The maximum atomic E-state index is 6.18. The fraction of sp³-hybridized carbons (Fsp3) is 0.714. The van der Waals surface area contributed by atoms with E-state index in [9.17, 15) is 0 Å². The predicted molar refractivity (Wildman–Crippen MR) is 76.0 cm³/mol. The zero-order chi connectivity index (χ0) is 12.6. The maximum absolute atomic E-state index is 6.18. The van der Waals surface area contributed by atoms with Crippen LogP contribution in [0.5, 0.6) is 0 Å². The lowest BCUT2D eigenvalue weighted by Crippen LogP contribution is -2.33. The van der Waals surface area contributed by atoms with Gasteiger partial charge in [0.05, 0.1) is 6.26 Å². The molecule has 0 N–H and O–H groups in total. The molecule has 0 aliphatic carbocycles. The first kappa shape index (κ1) is 15.5. The minimum Gasteiger partial charge on any atom is -0.549 e. The predicted octanol–water partition coefficient (Wildman–Crippen LogP) is 5.12. The summed E-state index contributed by atoms with van der Waals surface area (Å²) in [5.74, 6) is 0.551. The summed E-state index contributed by atoms with van der Waals surface area (Å²) < 4.78 is 6.18. The molecule has 2 heteroatoms. The molecular weight excluding hydrogens is 212 g/mol. The summed E-state index contributed by atoms with van der Waals surface area (Å²) in [5.41, 5.74) is 1.36. The van der Waals surface area contributed by atoms with E-state index in [0.717, 1.165) is 6.42 Å². The molecule has 0 saturated carbocycles. The van der Waals surface area contributed by atoms with Crippen LogP contribution in [0.25, 0.3) is 0 Å². The Hall–Kier alpha value is -0.503. The van der Waals surface area contributed by atoms with E-state index in [0.29, 0.717) is 5.92 Å². The van der Waals surface area contributed by atoms with Gasteiger partial charge in [-0.25, -0.2) is 0 Å². The van der Waals surface area contributed by atoms with Crippen molar-refractivity contribution >= 4 is 8.32 Å². The van der Waals surface area contributed by atoms with Crippen molar-refractivity contribution < 1.29 is 4.43 Å². The van der Waals surface area contributed by atoms with Crippen molar-refractivity contribution in [1.29, 1.82) is 0 Å². The third-order valence-electron chi connectivity index (χ3n) is 3.51. The number of hydrogen-bond acceptors (Lipinski definition) is 1. The molecule has 0 aromatic heterocycles. The van der Waals surface area contributed by atoms with E-state index in [1.165, 1.54) is 23.7 Å². The summed E-state index contributed by atoms with van der Waals surface area (Å²) in [5, 5.41) is 0. The molecule has 0 aliphatic heterocycles. The molecule has 0 radical (unpaired) electrons. The van der Waals surface area contributed by atoms with Crippen LogP contribution in [0.1, 0.15) is 41.0 Å². The molecule has 0 spiro atoms. The van der Waals surface area contributed by atoms with Crippen LogP contribution in [-0.2, 0) is 4.43 Å². The molecule has 0 amide bonds. The van der Waals surface area contributed by atoms with Gasteiger partial charge < -0.3 is 4.43 Å². The van der Waals surface area contributed by atoms with Gasteiger partial charge in [-0.15, -0.1) is 6.58 Å². The Morgan fingerprint density at radius 3 is 2.00 bits per heavy atom. The molecule has 0 heterocycles. The highest BCUT2D eigenvalue weighted by Crippen LogP contribution is 2.24. The van der Waals surface area contributed by atoms with Crippen LogP contribution in [0.4, 0.5) is 0 Å². The molecular formula is C14H28OSi. The monoisotopic (exact) mass is 240 g/mol. The molecule has 0 bridgehead atoms. The van der Waals surface area contributed by atoms with E-state index >= 15 is 0 Å². The fourth-order valence-electron chi connectivity index (χ4n) is 1.79. The van der Waals surface area contributed by atoms with Crippen LogP contribution in [0.15, 0.2) is 24.5 Å². The van der Waals surface area contributed by atoms with Gasteiger partial charge in [0, 0.05) is 0 Å². The standard InChI is InChI=1S/C14H28OSi/c1-7-11-14(13(5)6)12-15-16(8-2,9-3)10-4/h7,12-13H,1,8-11H2,2-6H3/b14-12-. The SMILES string of the molecule is C=CC/C(=C/O[Si](CC)(CC)CC)C(C)C. The average Bonchev–Trinajstić information content (AvgIpc) is 2.29. The first-order valence-corrected chi connectivity index (χ1v) is 9.05. The smallest absolute Gasteiger partial charge is 0.249 e. The minimum atomic E-state index is -1.47. The normalized spacial score (nSPS) is 13.0. The summed E-state index contributed by atoms with van der Waals surface area (Å²) in [6.07, 6.45) is 4.94. The molecule has 16 heavy (non-hydrogen) atoms. The lowest BCUT2D eigenvalue weighted by Gasteiger charge is -2.27. The van der Waals surface area contributed by atoms with Crippen molar-refractivity contribution in [2.75, 3.05) is 0 Å². The van der Waals surface area contributed by atoms with Gasteiger partial charge in [0.2, 0.25) is 8.32 Å². The van der Waals surface area contributed by atoms with Gasteiger partial charge in [-0.3, -0.25) is 0 Å². The number of hydrogen-bond donors (Lipinski definition) is 0. The highest BCUT2D eigenvalue weighted by atomic mass is 28.4. The van der Waals surface area contributed by atoms with Gasteiger partial charge in [-0.2, -0.15) is 0 Å². The van der Waals surface area contributed by atoms with Gasteiger partial charge >= 0.3 is 0 Å². The first-order chi connectivity index (χ1) is 7.55. The average molecular weight is 240 g/mol. The summed E-state index contributed by atoms with van der Waals surface area (Å²) in [6, 6.07) is 3.61. The Labute approximate surface area is 103 Å². The van der Waals surface area contributed by atoms with Gasteiger partial charge in [0.15, 0.2) is 0 Å². The summed E-state index contributed by atoms with van der Waals surface area (Å²) in [6.45, 7) is 15.0. The highest BCUT2D eigenvalue weighted by molar-refractivity contribution is 6.73. The van der Waals surface area contributed by atoms with Crippen LogP contribution in [0.2, 0.25) is 18.1 Å². The van der Waals surface area contributed by atoms with Crippen molar-refractivity contribution in [3.8, 4) is 0 Å². The number of rotatable bonds is 8. The molecule has 0 saturated heterocycles. The van der Waals surface area contributed by atoms with E-state index in [1.807, 2.05) is 12.3 Å². The third-order valence-corrected chi connectivity index (χ3v) is 8.00. The second-order valence-electron chi connectivity index (χ2n) is 4.70. The zero-order valence-electron chi connectivity index (χ0n) is 11.7. The van der Waals surface area contributed by atoms with Crippen molar-refractivity contribution in [3.63, 3.8) is 0 Å². The van der Waals surface area contributed by atoms with Gasteiger partial charge in [0.1, 0.15) is 0 Å².